The van der Waals surface area contributed by atoms with Crippen molar-refractivity contribution >= 4 is 29.1 Å². The number of pyridine rings is 1. The van der Waals surface area contributed by atoms with E-state index in [1.165, 1.54) is 29.3 Å². The van der Waals surface area contributed by atoms with Crippen LogP contribution in [0.25, 0.3) is 17.1 Å². The molecule has 2 aromatic carbocycles. The average molecular weight is 479 g/mol. The third kappa shape index (κ3) is 4.81. The highest BCUT2D eigenvalue weighted by atomic mass is 19.2. The first-order valence-corrected chi connectivity index (χ1v) is 10.4. The molecule has 0 fully saturated rings. The maximum Gasteiger partial charge on any atom is 0.315 e. The minimum atomic E-state index is -1.15. The summed E-state index contributed by atoms with van der Waals surface area (Å²) in [5.41, 5.74) is 6.67. The van der Waals surface area contributed by atoms with Crippen LogP contribution in [0.1, 0.15) is 13.3 Å². The number of carbonyl (C=O) groups excluding carboxylic acids is 2. The van der Waals surface area contributed by atoms with E-state index in [1.54, 1.807) is 37.3 Å². The number of aromatic nitrogens is 5. The molecule has 0 atom stereocenters. The van der Waals surface area contributed by atoms with Crippen molar-refractivity contribution in [1.82, 2.24) is 25.2 Å². The molecule has 4 rings (SSSR count). The van der Waals surface area contributed by atoms with E-state index in [0.29, 0.717) is 5.69 Å². The van der Waals surface area contributed by atoms with Crippen LogP contribution in [0.3, 0.4) is 0 Å². The van der Waals surface area contributed by atoms with Gasteiger partial charge in [0.25, 0.3) is 0 Å². The van der Waals surface area contributed by atoms with Gasteiger partial charge in [-0.3, -0.25) is 14.5 Å². The molecule has 0 radical (unpaired) electrons. The van der Waals surface area contributed by atoms with E-state index in [4.69, 9.17) is 10.5 Å². The summed E-state index contributed by atoms with van der Waals surface area (Å²) in [4.78, 5) is 30.5. The summed E-state index contributed by atoms with van der Waals surface area (Å²) >= 11 is 0. The molecular weight excluding hydrogens is 460 g/mol. The lowest BCUT2D eigenvalue weighted by Crippen LogP contribution is -2.29. The van der Waals surface area contributed by atoms with Gasteiger partial charge in [-0.1, -0.05) is 24.3 Å². The van der Waals surface area contributed by atoms with Crippen molar-refractivity contribution in [2.75, 3.05) is 17.2 Å². The van der Waals surface area contributed by atoms with Crippen molar-refractivity contribution in [3.8, 4) is 17.1 Å². The van der Waals surface area contributed by atoms with E-state index >= 15 is 0 Å². The maximum atomic E-state index is 14.4. The van der Waals surface area contributed by atoms with Crippen LogP contribution in [0, 0.1) is 11.6 Å². The Balaban J connectivity index is 1.81. The highest BCUT2D eigenvalue weighted by molar-refractivity contribution is 6.08. The molecule has 12 heteroatoms. The van der Waals surface area contributed by atoms with Crippen LogP contribution >= 0.6 is 0 Å². The molecule has 0 aliphatic heterocycles. The second kappa shape index (κ2) is 10.0. The van der Waals surface area contributed by atoms with Crippen molar-refractivity contribution < 1.29 is 23.1 Å². The van der Waals surface area contributed by atoms with Gasteiger partial charge in [0.05, 0.1) is 24.1 Å². The summed E-state index contributed by atoms with van der Waals surface area (Å²) in [6.07, 6.45) is 0.820. The molecule has 0 saturated heterocycles. The van der Waals surface area contributed by atoms with Gasteiger partial charge in [-0.2, -0.15) is 4.68 Å². The first-order valence-electron chi connectivity index (χ1n) is 10.4. The van der Waals surface area contributed by atoms with E-state index in [9.17, 15) is 18.4 Å². The highest BCUT2D eigenvalue weighted by Crippen LogP contribution is 2.32. The Morgan fingerprint density at radius 3 is 2.60 bits per heavy atom. The zero-order valence-corrected chi connectivity index (χ0v) is 18.4. The largest absolute Gasteiger partial charge is 0.466 e. The Morgan fingerprint density at radius 1 is 1.09 bits per heavy atom. The number of hydrogen-bond acceptors (Lipinski definition) is 8. The lowest BCUT2D eigenvalue weighted by atomic mass is 10.1. The molecule has 0 unspecified atom stereocenters. The predicted octanol–water partition coefficient (Wildman–Crippen LogP) is 3.20. The smallest absolute Gasteiger partial charge is 0.315 e. The van der Waals surface area contributed by atoms with Crippen LogP contribution < -0.4 is 10.6 Å². The minimum Gasteiger partial charge on any atom is -0.466 e. The fraction of sp³-hybridized carbons (Fsp3) is 0.130. The summed E-state index contributed by atoms with van der Waals surface area (Å²) in [5, 5.41) is 11.2. The number of para-hydroxylation sites is 1. The average Bonchev–Trinajstić information content (AvgIpc) is 3.32. The standard InChI is InChI=1S/C23H19F2N7O3/c1-2-35-20(34)12-19(33)31(14-7-4-3-5-8-14)15-11-16(22(26)27-13-15)23-28-29-30-32(23)18-10-6-9-17(24)21(18)25/h3-11,13H,2,12H2,1H3,(H2,26,27). The predicted molar refractivity (Wildman–Crippen MR) is 122 cm³/mol. The van der Waals surface area contributed by atoms with Gasteiger partial charge in [0, 0.05) is 5.69 Å². The third-order valence-electron chi connectivity index (χ3n) is 4.90. The highest BCUT2D eigenvalue weighted by Gasteiger charge is 2.25. The van der Waals surface area contributed by atoms with Gasteiger partial charge in [-0.15, -0.1) is 5.10 Å². The molecule has 1 amide bonds. The molecule has 2 heterocycles. The van der Waals surface area contributed by atoms with Crippen LogP contribution in [0.5, 0.6) is 0 Å². The number of nitrogens with two attached hydrogens (primary N) is 1. The van der Waals surface area contributed by atoms with E-state index < -0.39 is 29.9 Å². The van der Waals surface area contributed by atoms with Gasteiger partial charge in [0.2, 0.25) is 5.91 Å². The zero-order valence-electron chi connectivity index (χ0n) is 18.4. The van der Waals surface area contributed by atoms with Crippen molar-refractivity contribution in [3.63, 3.8) is 0 Å². The summed E-state index contributed by atoms with van der Waals surface area (Å²) < 4.78 is 34.1. The van der Waals surface area contributed by atoms with Crippen LogP contribution in [-0.4, -0.2) is 43.7 Å². The van der Waals surface area contributed by atoms with Crippen LogP contribution in [0.2, 0.25) is 0 Å². The second-order valence-electron chi connectivity index (χ2n) is 7.16. The molecule has 0 spiro atoms. The molecule has 4 aromatic rings. The molecule has 2 N–H and O–H groups in total. The molecule has 0 saturated carbocycles. The van der Waals surface area contributed by atoms with Crippen molar-refractivity contribution in [2.45, 2.75) is 13.3 Å². The number of carbonyl (C=O) groups is 2. The molecule has 10 nitrogen and oxygen atoms in total. The number of amides is 1. The van der Waals surface area contributed by atoms with E-state index in [2.05, 4.69) is 20.5 Å². The Morgan fingerprint density at radius 2 is 1.86 bits per heavy atom. The Hall–Kier alpha value is -4.74. The van der Waals surface area contributed by atoms with Crippen LogP contribution in [0.15, 0.2) is 60.8 Å². The number of anilines is 3. The second-order valence-corrected chi connectivity index (χ2v) is 7.16. The molecule has 35 heavy (non-hydrogen) atoms. The van der Waals surface area contributed by atoms with E-state index in [0.717, 1.165) is 10.7 Å². The first kappa shape index (κ1) is 23.4. The van der Waals surface area contributed by atoms with Gasteiger partial charge in [-0.05, 0) is 47.7 Å². The Kier molecular flexibility index (Phi) is 6.71. The summed E-state index contributed by atoms with van der Waals surface area (Å²) in [6.45, 7) is 1.77. The van der Waals surface area contributed by atoms with Crippen molar-refractivity contribution in [1.29, 1.82) is 0 Å². The van der Waals surface area contributed by atoms with Crippen LogP contribution in [-0.2, 0) is 14.3 Å². The van der Waals surface area contributed by atoms with Crippen molar-refractivity contribution in [3.05, 3.63) is 72.4 Å². The maximum absolute atomic E-state index is 14.4. The third-order valence-corrected chi connectivity index (χ3v) is 4.90. The topological polar surface area (TPSA) is 129 Å². The number of benzene rings is 2. The number of ether oxygens (including phenoxy) is 1. The van der Waals surface area contributed by atoms with Gasteiger partial charge in [0.1, 0.15) is 17.9 Å². The quantitative estimate of drug-likeness (QED) is 0.316. The summed E-state index contributed by atoms with van der Waals surface area (Å²) in [7, 11) is 0. The number of nitrogens with zero attached hydrogens (tertiary/aromatic N) is 6. The molecule has 0 aliphatic rings. The summed E-state index contributed by atoms with van der Waals surface area (Å²) in [6, 6.07) is 13.6. The zero-order chi connectivity index (χ0) is 24.9. The molecule has 2 aromatic heterocycles. The monoisotopic (exact) mass is 479 g/mol. The van der Waals surface area contributed by atoms with E-state index in [1.807, 2.05) is 0 Å². The van der Waals surface area contributed by atoms with Crippen LogP contribution in [0.4, 0.5) is 26.0 Å². The molecule has 0 bridgehead atoms. The molecular formula is C23H19F2N7O3. The SMILES string of the molecule is CCOC(=O)CC(=O)N(c1ccccc1)c1cnc(N)c(-c2nnnn2-c2cccc(F)c2F)c1. The number of tetrazole rings is 1. The minimum absolute atomic E-state index is 0.0209. The van der Waals surface area contributed by atoms with Gasteiger partial charge < -0.3 is 10.5 Å². The first-order chi connectivity index (χ1) is 16.9. The van der Waals surface area contributed by atoms with Gasteiger partial charge in [-0.25, -0.2) is 13.8 Å². The number of nitrogen functional groups attached to an aromatic ring is 1. The number of rotatable bonds is 7. The number of halogens is 2. The number of hydrogen-bond donors (Lipinski definition) is 1. The lowest BCUT2D eigenvalue weighted by Gasteiger charge is -2.23. The fourth-order valence-corrected chi connectivity index (χ4v) is 3.37. The lowest BCUT2D eigenvalue weighted by molar-refractivity contribution is -0.145. The number of esters is 1. The normalized spacial score (nSPS) is 10.7. The fourth-order valence-electron chi connectivity index (χ4n) is 3.37. The molecule has 178 valence electrons. The Labute approximate surface area is 197 Å². The van der Waals surface area contributed by atoms with E-state index in [-0.39, 0.29) is 35.2 Å². The van der Waals surface area contributed by atoms with Crippen molar-refractivity contribution in [2.24, 2.45) is 0 Å². The van der Waals surface area contributed by atoms with Gasteiger partial charge in [0.15, 0.2) is 17.5 Å². The Bertz CT molecular complexity index is 1380. The van der Waals surface area contributed by atoms with Gasteiger partial charge >= 0.3 is 5.97 Å². The molecule has 0 aliphatic carbocycles. The summed E-state index contributed by atoms with van der Waals surface area (Å²) in [5.74, 6) is -3.56.